The number of amides is 9. The quantitative estimate of drug-likeness (QED) is 0.0231. The van der Waals surface area contributed by atoms with E-state index >= 15 is 17.6 Å². The minimum absolute atomic E-state index is 0.0277. The Morgan fingerprint density at radius 2 is 1.17 bits per heavy atom. The van der Waals surface area contributed by atoms with Gasteiger partial charge in [0.15, 0.2) is 12.2 Å². The van der Waals surface area contributed by atoms with Crippen LogP contribution in [0.1, 0.15) is 151 Å². The Balaban J connectivity index is 7.47. The van der Waals surface area contributed by atoms with Crippen LogP contribution in [0.2, 0.25) is 0 Å². The van der Waals surface area contributed by atoms with E-state index in [0.717, 1.165) is 13.8 Å². The Bertz CT molecular complexity index is 1970. The van der Waals surface area contributed by atoms with E-state index in [1.54, 1.807) is 16.1 Å². The van der Waals surface area contributed by atoms with Crippen LogP contribution in [0.4, 0.5) is 65.9 Å². The number of rotatable bonds is 33. The second kappa shape index (κ2) is 33.6. The fourth-order valence-electron chi connectivity index (χ4n) is 6.58. The van der Waals surface area contributed by atoms with Gasteiger partial charge in [0.05, 0.1) is 19.3 Å². The molecule has 0 aromatic carbocycles. The molecule has 7 atom stereocenters. The summed E-state index contributed by atoms with van der Waals surface area (Å²) in [6.07, 6.45) is -30.7. The van der Waals surface area contributed by atoms with Gasteiger partial charge in [-0.05, 0) is 65.2 Å². The van der Waals surface area contributed by atoms with E-state index in [1.807, 2.05) is 0 Å². The summed E-state index contributed by atoms with van der Waals surface area (Å²) in [5, 5.41) is 4.94. The van der Waals surface area contributed by atoms with Gasteiger partial charge in [0.2, 0.25) is 36.0 Å². The van der Waals surface area contributed by atoms with Crippen LogP contribution < -0.4 is 32.1 Å². The first kappa shape index (κ1) is 72.2. The van der Waals surface area contributed by atoms with E-state index < -0.39 is 241 Å². The number of hydrogen-bond acceptors (Lipinski definition) is 9. The van der Waals surface area contributed by atoms with E-state index in [-0.39, 0.29) is 23.6 Å². The summed E-state index contributed by atoms with van der Waals surface area (Å²) in [7, 11) is 0. The molecule has 0 saturated carbocycles. The fraction of sp³-hybridized carbons (Fsp3) is 0.800. The number of unbranched alkanes of at least 4 members (excludes halogenated alkanes) is 1. The monoisotopic (exact) mass is 1160 g/mol. The molecule has 6 N–H and O–H groups in total. The lowest BCUT2D eigenvalue weighted by atomic mass is 10.0. The zero-order valence-corrected chi connectivity index (χ0v) is 43.5. The summed E-state index contributed by atoms with van der Waals surface area (Å²) in [6, 6.07) is -11.4. The van der Waals surface area contributed by atoms with Crippen LogP contribution in [0.5, 0.6) is 0 Å². The molecule has 0 aromatic heterocycles. The molecule has 0 rings (SSSR count). The third-order valence-electron chi connectivity index (χ3n) is 11.0. The molecule has 0 aliphatic heterocycles. The van der Waals surface area contributed by atoms with Crippen LogP contribution in [0, 0.1) is 0 Å². The number of halogens is 15. The van der Waals surface area contributed by atoms with Crippen molar-refractivity contribution in [2.75, 3.05) is 6.67 Å². The Morgan fingerprint density at radius 1 is 0.577 bits per heavy atom. The molecule has 78 heavy (non-hydrogen) atoms. The van der Waals surface area contributed by atoms with Crippen molar-refractivity contribution in [1.82, 2.24) is 47.5 Å². The van der Waals surface area contributed by atoms with Crippen LogP contribution in [0.15, 0.2) is 0 Å². The van der Waals surface area contributed by atoms with Crippen LogP contribution in [0.3, 0.4) is 0 Å². The second-order valence-corrected chi connectivity index (χ2v) is 18.0. The molecule has 0 bridgehead atoms. The summed E-state index contributed by atoms with van der Waals surface area (Å²) in [5.41, 5.74) is 2.87. The highest BCUT2D eigenvalue weighted by Crippen LogP contribution is 2.28. The lowest BCUT2D eigenvalue weighted by Gasteiger charge is -2.41. The zero-order chi connectivity index (χ0) is 60.5. The lowest BCUT2D eigenvalue weighted by Crippen LogP contribution is -2.71. The fourth-order valence-corrected chi connectivity index (χ4v) is 6.58. The molecular formula is C45H68F15N9O9. The van der Waals surface area contributed by atoms with Gasteiger partial charge in [0.25, 0.3) is 29.6 Å². The van der Waals surface area contributed by atoms with E-state index in [2.05, 4.69) is 0 Å². The summed E-state index contributed by atoms with van der Waals surface area (Å²) < 4.78 is 214. The standard InChI is InChI=1S/C45H68F15N9O9/c1-7-14-27(49)37(74)65-68(35(73)23-26(48)8-2)69(34(72)20-17-25(5)47)67(33(71)16-11-12-22-46)66-41(78)45(59,60)30(9-3)63-40(77)36(43(54,55)10-4)64-39(76)29(24-42(6,52)53)62-38(75)28(18-19-31(50)51)61-32(70)15-13-21-44(56,57)58/h25-31,36H,7-24H2,1-6H3,(H,61,70)(H,62,75)(H,63,77)(H,64,76)(H,65,74)(H,66,78). The SMILES string of the molecule is CCCC(F)C(=O)NN(C(=O)CC(F)CC)N(C(=O)CCC(C)F)N(NC(=O)C(F)(F)C(CC)NC(=O)C(NC(=O)C(CC(C)(F)F)NC(=O)C(CCC(F)F)NC(=O)CCCC(F)(F)F)C(F)(F)CC)C(=O)CCCCF. The molecule has 0 aliphatic carbocycles. The molecule has 0 heterocycles. The molecule has 0 aromatic rings. The Morgan fingerprint density at radius 3 is 1.67 bits per heavy atom. The van der Waals surface area contributed by atoms with Gasteiger partial charge >= 0.3 is 18.0 Å². The van der Waals surface area contributed by atoms with Crippen molar-refractivity contribution >= 4 is 53.2 Å². The van der Waals surface area contributed by atoms with Crippen molar-refractivity contribution in [2.45, 2.75) is 224 Å². The first-order valence-corrected chi connectivity index (χ1v) is 24.7. The highest BCUT2D eigenvalue weighted by Gasteiger charge is 2.53. The van der Waals surface area contributed by atoms with Crippen molar-refractivity contribution < 1.29 is 109 Å². The molecule has 0 saturated heterocycles. The first-order valence-electron chi connectivity index (χ1n) is 24.7. The van der Waals surface area contributed by atoms with Gasteiger partial charge in [0.1, 0.15) is 24.3 Å². The summed E-state index contributed by atoms with van der Waals surface area (Å²) in [4.78, 5) is 121. The van der Waals surface area contributed by atoms with E-state index in [9.17, 15) is 91.4 Å². The number of alkyl halides is 15. The average molecular weight is 1160 g/mol. The average Bonchev–Trinajstić information content (AvgIpc) is 3.33. The predicted molar refractivity (Wildman–Crippen MR) is 245 cm³/mol. The number of carbonyl (C=O) groups excluding carboxylic acids is 9. The van der Waals surface area contributed by atoms with E-state index in [4.69, 9.17) is 0 Å². The van der Waals surface area contributed by atoms with E-state index in [1.165, 1.54) is 29.9 Å². The van der Waals surface area contributed by atoms with Crippen molar-refractivity contribution in [3.05, 3.63) is 0 Å². The molecule has 452 valence electrons. The number of nitrogens with one attached hydrogen (secondary N) is 6. The van der Waals surface area contributed by atoms with Crippen LogP contribution in [-0.4, -0.2) is 148 Å². The molecular weight excluding hydrogens is 1100 g/mol. The topological polar surface area (TPSA) is 236 Å². The largest absolute Gasteiger partial charge is 0.389 e. The smallest absolute Gasteiger partial charge is 0.345 e. The highest BCUT2D eigenvalue weighted by atomic mass is 19.4. The maximum absolute atomic E-state index is 16.5. The molecule has 0 aliphatic rings. The maximum Gasteiger partial charge on any atom is 0.389 e. The van der Waals surface area contributed by atoms with Gasteiger partial charge in [-0.25, -0.2) is 50.4 Å². The van der Waals surface area contributed by atoms with Gasteiger partial charge < -0.3 is 21.3 Å². The van der Waals surface area contributed by atoms with Crippen LogP contribution in [0.25, 0.3) is 0 Å². The van der Waals surface area contributed by atoms with Crippen molar-refractivity contribution in [3.63, 3.8) is 0 Å². The molecule has 9 amide bonds. The first-order chi connectivity index (χ1) is 35.9. The molecule has 0 radical (unpaired) electrons. The minimum Gasteiger partial charge on any atom is -0.345 e. The van der Waals surface area contributed by atoms with Gasteiger partial charge in [-0.3, -0.25) is 47.5 Å². The van der Waals surface area contributed by atoms with Crippen LogP contribution in [-0.2, 0) is 43.2 Å². The predicted octanol–water partition coefficient (Wildman–Crippen LogP) is 6.77. The van der Waals surface area contributed by atoms with Crippen molar-refractivity contribution in [2.24, 2.45) is 0 Å². The molecule has 7 unspecified atom stereocenters. The maximum atomic E-state index is 16.5. The summed E-state index contributed by atoms with van der Waals surface area (Å²) >= 11 is 0. The third-order valence-corrected chi connectivity index (χ3v) is 11.0. The van der Waals surface area contributed by atoms with Gasteiger partial charge in [-0.1, -0.05) is 34.1 Å². The number of hydrazine groups is 4. The number of nitrogens with zero attached hydrogens (tertiary/aromatic N) is 3. The summed E-state index contributed by atoms with van der Waals surface area (Å²) in [5.74, 6) is -31.0. The number of carbonyl (C=O) groups is 9. The van der Waals surface area contributed by atoms with Crippen LogP contribution >= 0.6 is 0 Å². The van der Waals surface area contributed by atoms with Crippen molar-refractivity contribution in [1.29, 1.82) is 0 Å². The van der Waals surface area contributed by atoms with E-state index in [0.29, 0.717) is 6.92 Å². The van der Waals surface area contributed by atoms with Crippen molar-refractivity contribution in [3.8, 4) is 0 Å². The summed E-state index contributed by atoms with van der Waals surface area (Å²) in [6.45, 7) is 4.00. The second-order valence-electron chi connectivity index (χ2n) is 18.0. The van der Waals surface area contributed by atoms with Gasteiger partial charge in [-0.15, -0.1) is 15.4 Å². The minimum atomic E-state index is -5.22. The number of hydrogen-bond donors (Lipinski definition) is 6. The molecule has 33 heteroatoms. The molecule has 0 fully saturated rings. The Hall–Kier alpha value is -5.82. The lowest BCUT2D eigenvalue weighted by molar-refractivity contribution is -0.231. The van der Waals surface area contributed by atoms with Gasteiger partial charge in [0, 0.05) is 44.9 Å². The Labute approximate surface area is 439 Å². The molecule has 18 nitrogen and oxygen atoms in total. The Kier molecular flexibility index (Phi) is 31.1. The van der Waals surface area contributed by atoms with Gasteiger partial charge in [-0.2, -0.15) is 22.0 Å². The normalized spacial score (nSPS) is 14.8. The third kappa shape index (κ3) is 26.2. The molecule has 0 spiro atoms. The highest BCUT2D eigenvalue weighted by molar-refractivity contribution is 5.95. The zero-order valence-electron chi connectivity index (χ0n) is 43.5.